The second-order valence-electron chi connectivity index (χ2n) is 9.05. The van der Waals surface area contributed by atoms with Crippen LogP contribution >= 0.6 is 0 Å². The molecule has 3 rings (SSSR count). The van der Waals surface area contributed by atoms with Crippen molar-refractivity contribution >= 4 is 17.3 Å². The largest absolute Gasteiger partial charge is 0.490 e. The van der Waals surface area contributed by atoms with Crippen molar-refractivity contribution in [1.82, 2.24) is 0 Å². The van der Waals surface area contributed by atoms with Crippen LogP contribution in [0.15, 0.2) is 24.3 Å². The molecule has 0 amide bonds. The predicted molar refractivity (Wildman–Crippen MR) is 114 cm³/mol. The van der Waals surface area contributed by atoms with E-state index in [2.05, 4.69) is 12.1 Å². The number of Topliss-reactive ketones (excluding diaryl/α,β-unsaturated/α-hetero) is 3. The number of carbonyl (C=O) groups is 3. The molecule has 0 saturated heterocycles. The number of ketones is 3. The zero-order valence-electron chi connectivity index (χ0n) is 18.0. The van der Waals surface area contributed by atoms with Crippen molar-refractivity contribution in [1.29, 1.82) is 0 Å². The first-order valence-electron chi connectivity index (χ1n) is 11.4. The summed E-state index contributed by atoms with van der Waals surface area (Å²) in [5.74, 6) is 0.760. The van der Waals surface area contributed by atoms with E-state index in [-0.39, 0.29) is 49.5 Å². The van der Waals surface area contributed by atoms with E-state index in [4.69, 9.17) is 4.74 Å². The van der Waals surface area contributed by atoms with Gasteiger partial charge in [0.25, 0.3) is 0 Å². The number of rotatable bonds is 11. The van der Waals surface area contributed by atoms with Crippen molar-refractivity contribution in [2.75, 3.05) is 0 Å². The summed E-state index contributed by atoms with van der Waals surface area (Å²) >= 11 is 0. The fourth-order valence-electron chi connectivity index (χ4n) is 4.91. The van der Waals surface area contributed by atoms with Crippen molar-refractivity contribution in [2.24, 2.45) is 5.41 Å². The third-order valence-electron chi connectivity index (χ3n) is 6.55. The lowest BCUT2D eigenvalue weighted by molar-refractivity contribution is -0.138. The van der Waals surface area contributed by atoms with Crippen LogP contribution in [0.25, 0.3) is 0 Å². The third kappa shape index (κ3) is 5.78. The highest BCUT2D eigenvalue weighted by Crippen LogP contribution is 2.40. The Morgan fingerprint density at radius 2 is 1.87 bits per heavy atom. The van der Waals surface area contributed by atoms with Gasteiger partial charge in [0, 0.05) is 25.7 Å². The molecule has 0 aromatic heterocycles. The SMILES string of the molecule is CC(O)CC1(CCC(=O)CCCc2cccc(OC3CCCC3)c2)C(=O)CCC1=O. The number of benzene rings is 1. The normalized spacial score (nSPS) is 19.9. The van der Waals surface area contributed by atoms with E-state index in [9.17, 15) is 19.5 Å². The van der Waals surface area contributed by atoms with Crippen molar-refractivity contribution in [3.05, 3.63) is 29.8 Å². The fourth-order valence-corrected chi connectivity index (χ4v) is 4.91. The van der Waals surface area contributed by atoms with Gasteiger partial charge in [0.05, 0.1) is 17.6 Å². The number of aliphatic hydroxyl groups is 1. The van der Waals surface area contributed by atoms with E-state index >= 15 is 0 Å². The minimum Gasteiger partial charge on any atom is -0.490 e. The Labute approximate surface area is 179 Å². The summed E-state index contributed by atoms with van der Waals surface area (Å²) in [6, 6.07) is 8.11. The molecule has 2 aliphatic carbocycles. The zero-order valence-corrected chi connectivity index (χ0v) is 18.0. The zero-order chi connectivity index (χ0) is 21.6. The molecule has 1 aromatic rings. The van der Waals surface area contributed by atoms with Gasteiger partial charge in [-0.3, -0.25) is 14.4 Å². The maximum absolute atomic E-state index is 12.4. The maximum Gasteiger partial charge on any atom is 0.146 e. The Morgan fingerprint density at radius 1 is 1.17 bits per heavy atom. The predicted octanol–water partition coefficient (Wildman–Crippen LogP) is 4.37. The van der Waals surface area contributed by atoms with E-state index in [1.807, 2.05) is 12.1 Å². The Hall–Kier alpha value is -2.01. The summed E-state index contributed by atoms with van der Waals surface area (Å²) in [6.07, 6.45) is 7.34. The van der Waals surface area contributed by atoms with Crippen molar-refractivity contribution in [2.45, 2.75) is 96.2 Å². The third-order valence-corrected chi connectivity index (χ3v) is 6.55. The summed E-state index contributed by atoms with van der Waals surface area (Å²) in [6.45, 7) is 1.59. The van der Waals surface area contributed by atoms with Gasteiger partial charge in [-0.15, -0.1) is 0 Å². The minimum atomic E-state index is -1.14. The van der Waals surface area contributed by atoms with E-state index in [1.54, 1.807) is 6.92 Å². The first kappa shape index (κ1) is 22.7. The first-order valence-corrected chi connectivity index (χ1v) is 11.4. The van der Waals surface area contributed by atoms with Crippen molar-refractivity contribution < 1.29 is 24.2 Å². The number of carbonyl (C=O) groups excluding carboxylic acids is 3. The van der Waals surface area contributed by atoms with Gasteiger partial charge < -0.3 is 9.84 Å². The van der Waals surface area contributed by atoms with Gasteiger partial charge >= 0.3 is 0 Å². The molecule has 1 atom stereocenters. The van der Waals surface area contributed by atoms with Gasteiger partial charge in [-0.05, 0) is 76.0 Å². The number of aliphatic hydroxyl groups excluding tert-OH is 1. The Bertz CT molecular complexity index is 745. The smallest absolute Gasteiger partial charge is 0.146 e. The molecule has 30 heavy (non-hydrogen) atoms. The monoisotopic (exact) mass is 414 g/mol. The Kier molecular flexibility index (Phi) is 7.81. The molecule has 1 unspecified atom stereocenters. The number of aryl methyl sites for hydroxylation is 1. The lowest BCUT2D eigenvalue weighted by Gasteiger charge is -2.27. The van der Waals surface area contributed by atoms with Crippen LogP contribution in [0, 0.1) is 5.41 Å². The molecule has 2 aliphatic rings. The molecular formula is C25H34O5. The Balaban J connectivity index is 1.45. The standard InChI is InChI=1S/C25H34O5/c1-18(26)17-25(23(28)12-13-24(25)29)15-14-20(27)8-4-6-19-7-5-11-22(16-19)30-21-9-2-3-10-21/h5,7,11,16,18,21,26H,2-4,6,8-10,12-15,17H2,1H3. The van der Waals surface area contributed by atoms with E-state index in [0.717, 1.165) is 37.0 Å². The van der Waals surface area contributed by atoms with E-state index in [0.29, 0.717) is 12.5 Å². The second kappa shape index (κ2) is 10.3. The first-order chi connectivity index (χ1) is 14.4. The molecule has 5 heteroatoms. The van der Waals surface area contributed by atoms with Crippen LogP contribution in [0.2, 0.25) is 0 Å². The van der Waals surface area contributed by atoms with Gasteiger partial charge in [-0.2, -0.15) is 0 Å². The van der Waals surface area contributed by atoms with Gasteiger partial charge in [0.2, 0.25) is 0 Å². The quantitative estimate of drug-likeness (QED) is 0.544. The highest BCUT2D eigenvalue weighted by molar-refractivity contribution is 6.13. The summed E-state index contributed by atoms with van der Waals surface area (Å²) in [4.78, 5) is 37.1. The van der Waals surface area contributed by atoms with Crippen LogP contribution in [-0.4, -0.2) is 34.7 Å². The number of hydrogen-bond donors (Lipinski definition) is 1. The highest BCUT2D eigenvalue weighted by atomic mass is 16.5. The van der Waals surface area contributed by atoms with E-state index in [1.165, 1.54) is 12.8 Å². The molecule has 0 radical (unpaired) electrons. The van der Waals surface area contributed by atoms with Crippen LogP contribution < -0.4 is 4.74 Å². The molecule has 0 spiro atoms. The molecule has 164 valence electrons. The summed E-state index contributed by atoms with van der Waals surface area (Å²) in [5.41, 5.74) is 0.0143. The molecule has 5 nitrogen and oxygen atoms in total. The molecule has 2 fully saturated rings. The topological polar surface area (TPSA) is 80.7 Å². The lowest BCUT2D eigenvalue weighted by atomic mass is 9.75. The second-order valence-corrected chi connectivity index (χ2v) is 9.05. The van der Waals surface area contributed by atoms with Gasteiger partial charge in [0.15, 0.2) is 0 Å². The average Bonchev–Trinajstić information content (AvgIpc) is 3.30. The summed E-state index contributed by atoms with van der Waals surface area (Å²) in [5, 5.41) is 9.76. The molecule has 0 bridgehead atoms. The number of ether oxygens (including phenoxy) is 1. The molecule has 0 aliphatic heterocycles. The molecule has 1 aromatic carbocycles. The summed E-state index contributed by atoms with van der Waals surface area (Å²) < 4.78 is 6.05. The molecule has 2 saturated carbocycles. The lowest BCUT2D eigenvalue weighted by Crippen LogP contribution is -2.36. The average molecular weight is 415 g/mol. The van der Waals surface area contributed by atoms with Crippen LogP contribution in [0.5, 0.6) is 5.75 Å². The number of hydrogen-bond acceptors (Lipinski definition) is 5. The fraction of sp³-hybridized carbons (Fsp3) is 0.640. The molecular weight excluding hydrogens is 380 g/mol. The molecule has 1 N–H and O–H groups in total. The highest BCUT2D eigenvalue weighted by Gasteiger charge is 2.49. The van der Waals surface area contributed by atoms with Gasteiger partial charge in [-0.1, -0.05) is 12.1 Å². The van der Waals surface area contributed by atoms with E-state index < -0.39 is 11.5 Å². The van der Waals surface area contributed by atoms with Crippen LogP contribution in [0.3, 0.4) is 0 Å². The van der Waals surface area contributed by atoms with Gasteiger partial charge in [-0.25, -0.2) is 0 Å². The van der Waals surface area contributed by atoms with Crippen LogP contribution in [0.1, 0.15) is 83.1 Å². The van der Waals surface area contributed by atoms with Crippen LogP contribution in [-0.2, 0) is 20.8 Å². The summed E-state index contributed by atoms with van der Waals surface area (Å²) in [7, 11) is 0. The van der Waals surface area contributed by atoms with Crippen LogP contribution in [0.4, 0.5) is 0 Å². The minimum absolute atomic E-state index is 0.0748. The van der Waals surface area contributed by atoms with Crippen molar-refractivity contribution in [3.8, 4) is 5.75 Å². The maximum atomic E-state index is 12.4. The van der Waals surface area contributed by atoms with Crippen molar-refractivity contribution in [3.63, 3.8) is 0 Å². The molecule has 0 heterocycles. The Morgan fingerprint density at radius 3 is 2.53 bits per heavy atom. The van der Waals surface area contributed by atoms with Gasteiger partial charge in [0.1, 0.15) is 23.1 Å².